The molecule has 19 heavy (non-hydrogen) atoms. The normalized spacial score (nSPS) is 22.8. The van der Waals surface area contributed by atoms with Crippen LogP contribution in [0.5, 0.6) is 0 Å². The van der Waals surface area contributed by atoms with E-state index in [-0.39, 0.29) is 13.1 Å². The molecule has 1 aliphatic carbocycles. The summed E-state index contributed by atoms with van der Waals surface area (Å²) < 4.78 is 0. The van der Waals surface area contributed by atoms with E-state index in [0.29, 0.717) is 0 Å². The Kier molecular flexibility index (Phi) is 3.94. The van der Waals surface area contributed by atoms with Crippen molar-refractivity contribution in [1.29, 1.82) is 0 Å². The standard InChI is InChI=1S/C18H27P/c1-12(2)19(13(3)4)18(7)15(6)14(5)16-10-8-9-11-17(16)18/h8-13H,1-7H3/t18-/m1/s1. The van der Waals surface area contributed by atoms with Crippen LogP contribution < -0.4 is 0 Å². The summed E-state index contributed by atoms with van der Waals surface area (Å²) in [6.07, 6.45) is 0. The first-order chi connectivity index (χ1) is 8.81. The Hall–Kier alpha value is -0.610. The van der Waals surface area contributed by atoms with E-state index in [4.69, 9.17) is 0 Å². The van der Waals surface area contributed by atoms with Crippen LogP contribution in [0.3, 0.4) is 0 Å². The van der Waals surface area contributed by atoms with E-state index >= 15 is 0 Å². The number of fused-ring (bicyclic) bond motifs is 1. The highest BCUT2D eigenvalue weighted by Crippen LogP contribution is 2.68. The summed E-state index contributed by atoms with van der Waals surface area (Å²) in [6.45, 7) is 16.8. The summed E-state index contributed by atoms with van der Waals surface area (Å²) in [7, 11) is -0.0723. The van der Waals surface area contributed by atoms with Crippen molar-refractivity contribution < 1.29 is 0 Å². The van der Waals surface area contributed by atoms with Gasteiger partial charge in [0.25, 0.3) is 0 Å². The molecule has 104 valence electrons. The molecule has 0 saturated heterocycles. The maximum absolute atomic E-state index is 2.49. The lowest BCUT2D eigenvalue weighted by Crippen LogP contribution is -2.26. The minimum Gasteiger partial charge on any atom is -0.0864 e. The maximum Gasteiger partial charge on any atom is 0.0346 e. The molecule has 1 aliphatic rings. The minimum atomic E-state index is -0.0723. The average molecular weight is 274 g/mol. The first-order valence-corrected chi connectivity index (χ1v) is 8.86. The van der Waals surface area contributed by atoms with Crippen LogP contribution >= 0.6 is 7.92 Å². The van der Waals surface area contributed by atoms with Crippen LogP contribution in [0.4, 0.5) is 0 Å². The molecule has 0 radical (unpaired) electrons. The Morgan fingerprint density at radius 1 is 0.947 bits per heavy atom. The third-order valence-corrected chi connectivity index (χ3v) is 8.61. The molecule has 0 fully saturated rings. The molecule has 1 heteroatoms. The number of hydrogen-bond donors (Lipinski definition) is 0. The van der Waals surface area contributed by atoms with Gasteiger partial charge in [0.15, 0.2) is 0 Å². The van der Waals surface area contributed by atoms with Crippen molar-refractivity contribution in [2.45, 2.75) is 64.9 Å². The number of hydrogen-bond acceptors (Lipinski definition) is 0. The Labute approximate surface area is 120 Å². The third kappa shape index (κ3) is 2.09. The summed E-state index contributed by atoms with van der Waals surface area (Å²) >= 11 is 0. The fraction of sp³-hybridized carbons (Fsp3) is 0.556. The van der Waals surface area contributed by atoms with Crippen molar-refractivity contribution in [3.8, 4) is 0 Å². The molecule has 0 nitrogen and oxygen atoms in total. The van der Waals surface area contributed by atoms with Crippen LogP contribution in [0.2, 0.25) is 0 Å². The molecule has 0 saturated carbocycles. The van der Waals surface area contributed by atoms with Gasteiger partial charge in [-0.2, -0.15) is 0 Å². The quantitative estimate of drug-likeness (QED) is 0.592. The van der Waals surface area contributed by atoms with Crippen molar-refractivity contribution in [3.05, 3.63) is 41.0 Å². The molecule has 0 spiro atoms. The molecular formula is C18H27P. The fourth-order valence-electron chi connectivity index (χ4n) is 3.97. The molecule has 2 rings (SSSR count). The van der Waals surface area contributed by atoms with Crippen molar-refractivity contribution in [1.82, 2.24) is 0 Å². The summed E-state index contributed by atoms with van der Waals surface area (Å²) in [6, 6.07) is 9.04. The molecule has 1 aromatic rings. The van der Waals surface area contributed by atoms with E-state index in [9.17, 15) is 0 Å². The SMILES string of the molecule is CC1=C(C)[C@@](C)(P(C(C)C)C(C)C)c2ccccc21. The predicted molar refractivity (Wildman–Crippen MR) is 89.3 cm³/mol. The minimum absolute atomic E-state index is 0.0723. The zero-order valence-electron chi connectivity index (χ0n) is 13.4. The first-order valence-electron chi connectivity index (χ1n) is 7.38. The van der Waals surface area contributed by atoms with Crippen LogP contribution in [-0.4, -0.2) is 11.3 Å². The van der Waals surface area contributed by atoms with E-state index in [1.807, 2.05) is 0 Å². The lowest BCUT2D eigenvalue weighted by molar-refractivity contribution is 0.780. The Bertz CT molecular complexity index is 502. The predicted octanol–water partition coefficient (Wildman–Crippen LogP) is 6.01. The molecule has 0 aliphatic heterocycles. The summed E-state index contributed by atoms with van der Waals surface area (Å²) in [4.78, 5) is 0. The van der Waals surface area contributed by atoms with Crippen molar-refractivity contribution in [2.75, 3.05) is 0 Å². The molecule has 1 aromatic carbocycles. The van der Waals surface area contributed by atoms with Gasteiger partial charge in [-0.1, -0.05) is 65.5 Å². The van der Waals surface area contributed by atoms with Crippen molar-refractivity contribution >= 4 is 13.5 Å². The van der Waals surface area contributed by atoms with Gasteiger partial charge in [-0.25, -0.2) is 0 Å². The van der Waals surface area contributed by atoms with Crippen LogP contribution in [-0.2, 0) is 5.16 Å². The Balaban J connectivity index is 2.66. The number of allylic oxidation sites excluding steroid dienone is 2. The van der Waals surface area contributed by atoms with Gasteiger partial charge < -0.3 is 0 Å². The van der Waals surface area contributed by atoms with E-state index in [1.165, 1.54) is 11.1 Å². The van der Waals surface area contributed by atoms with Gasteiger partial charge in [0, 0.05) is 5.16 Å². The molecule has 0 aromatic heterocycles. The summed E-state index contributed by atoms with van der Waals surface area (Å²) in [5.41, 5.74) is 7.67. The first kappa shape index (κ1) is 14.8. The van der Waals surface area contributed by atoms with E-state index < -0.39 is 0 Å². The Morgan fingerprint density at radius 3 is 2.00 bits per heavy atom. The van der Waals surface area contributed by atoms with Crippen LogP contribution in [0.25, 0.3) is 5.57 Å². The highest BCUT2D eigenvalue weighted by molar-refractivity contribution is 7.60. The lowest BCUT2D eigenvalue weighted by atomic mass is 9.97. The third-order valence-electron chi connectivity index (χ3n) is 4.78. The second-order valence-corrected chi connectivity index (χ2v) is 10.2. The van der Waals surface area contributed by atoms with Gasteiger partial charge in [-0.05, 0) is 48.8 Å². The van der Waals surface area contributed by atoms with Crippen LogP contribution in [0, 0.1) is 0 Å². The second kappa shape index (κ2) is 5.06. The van der Waals surface area contributed by atoms with Crippen molar-refractivity contribution in [3.63, 3.8) is 0 Å². The molecule has 0 bridgehead atoms. The summed E-state index contributed by atoms with van der Waals surface area (Å²) in [5, 5.41) is 0.262. The topological polar surface area (TPSA) is 0 Å². The van der Waals surface area contributed by atoms with Crippen molar-refractivity contribution in [2.24, 2.45) is 0 Å². The Morgan fingerprint density at radius 2 is 1.47 bits per heavy atom. The lowest BCUT2D eigenvalue weighted by Gasteiger charge is -2.43. The van der Waals surface area contributed by atoms with Gasteiger partial charge in [-0.3, -0.25) is 0 Å². The number of rotatable bonds is 3. The van der Waals surface area contributed by atoms with Gasteiger partial charge in [0.1, 0.15) is 0 Å². The van der Waals surface area contributed by atoms with Gasteiger partial charge >= 0.3 is 0 Å². The monoisotopic (exact) mass is 274 g/mol. The molecular weight excluding hydrogens is 247 g/mol. The summed E-state index contributed by atoms with van der Waals surface area (Å²) in [5.74, 6) is 0. The highest BCUT2D eigenvalue weighted by Gasteiger charge is 2.45. The zero-order valence-corrected chi connectivity index (χ0v) is 14.3. The van der Waals surface area contributed by atoms with Gasteiger partial charge in [0.2, 0.25) is 0 Å². The van der Waals surface area contributed by atoms with Gasteiger partial charge in [0.05, 0.1) is 0 Å². The molecule has 0 heterocycles. The average Bonchev–Trinajstić information content (AvgIpc) is 2.52. The highest BCUT2D eigenvalue weighted by atomic mass is 31.1. The van der Waals surface area contributed by atoms with Gasteiger partial charge in [-0.15, -0.1) is 0 Å². The molecule has 0 N–H and O–H groups in total. The smallest absolute Gasteiger partial charge is 0.0346 e. The van der Waals surface area contributed by atoms with Crippen LogP contribution in [0.15, 0.2) is 29.8 Å². The number of benzene rings is 1. The molecule has 0 amide bonds. The fourth-order valence-corrected chi connectivity index (χ4v) is 8.25. The van der Waals surface area contributed by atoms with E-state index in [0.717, 1.165) is 11.3 Å². The zero-order chi connectivity index (χ0) is 14.4. The van der Waals surface area contributed by atoms with E-state index in [2.05, 4.69) is 72.7 Å². The molecule has 1 atom stereocenters. The maximum atomic E-state index is 2.49. The molecule has 0 unspecified atom stereocenters. The van der Waals surface area contributed by atoms with E-state index in [1.54, 1.807) is 11.1 Å². The largest absolute Gasteiger partial charge is 0.0864 e. The van der Waals surface area contributed by atoms with Crippen LogP contribution in [0.1, 0.15) is 59.6 Å². The second-order valence-electron chi connectivity index (χ2n) is 6.46.